The normalized spacial score (nSPS) is 21.6. The summed E-state index contributed by atoms with van der Waals surface area (Å²) in [5, 5.41) is 10.4. The number of hydrogen-bond acceptors (Lipinski definition) is 2. The average Bonchev–Trinajstić information content (AvgIpc) is 2.96. The predicted octanol–water partition coefficient (Wildman–Crippen LogP) is 4.00. The highest BCUT2D eigenvalue weighted by atomic mass is 32.1. The smallest absolute Gasteiger partial charge is 0.0888 e. The van der Waals surface area contributed by atoms with Crippen molar-refractivity contribution in [3.63, 3.8) is 0 Å². The van der Waals surface area contributed by atoms with Crippen LogP contribution in [0.4, 0.5) is 0 Å². The van der Waals surface area contributed by atoms with Gasteiger partial charge in [0.25, 0.3) is 0 Å². The summed E-state index contributed by atoms with van der Waals surface area (Å²) >= 11 is 1.84. The van der Waals surface area contributed by atoms with Gasteiger partial charge in [0.05, 0.1) is 6.10 Å². The lowest BCUT2D eigenvalue weighted by Crippen LogP contribution is -2.19. The van der Waals surface area contributed by atoms with E-state index in [2.05, 4.69) is 30.3 Å². The van der Waals surface area contributed by atoms with Crippen molar-refractivity contribution in [2.45, 2.75) is 44.1 Å². The van der Waals surface area contributed by atoms with Crippen molar-refractivity contribution in [2.24, 2.45) is 0 Å². The number of rotatable bonds is 3. The number of aryl methyl sites for hydroxylation is 2. The average molecular weight is 270 g/mol. The summed E-state index contributed by atoms with van der Waals surface area (Å²) in [6.07, 6.45) is 5.49. The molecule has 0 amide bonds. The van der Waals surface area contributed by atoms with Crippen molar-refractivity contribution >= 4 is 11.3 Å². The molecule has 0 aliphatic heterocycles. The van der Waals surface area contributed by atoms with Crippen LogP contribution in [0.15, 0.2) is 30.3 Å². The Morgan fingerprint density at radius 3 is 2.95 bits per heavy atom. The minimum Gasteiger partial charge on any atom is -0.388 e. The highest BCUT2D eigenvalue weighted by Gasteiger charge is 2.29. The number of hydrogen-bond donors (Lipinski definition) is 1. The summed E-state index contributed by atoms with van der Waals surface area (Å²) in [6, 6.07) is 10.9. The van der Waals surface area contributed by atoms with Crippen LogP contribution in [0.25, 0.3) is 0 Å². The Labute approximate surface area is 117 Å². The van der Waals surface area contributed by atoms with Crippen molar-refractivity contribution in [3.05, 3.63) is 56.8 Å². The van der Waals surface area contributed by atoms with E-state index in [0.717, 1.165) is 12.8 Å². The molecule has 2 aliphatic carbocycles. The van der Waals surface area contributed by atoms with Gasteiger partial charge in [-0.3, -0.25) is 0 Å². The summed E-state index contributed by atoms with van der Waals surface area (Å²) in [4.78, 5) is 2.71. The number of aliphatic hydroxyl groups is 1. The van der Waals surface area contributed by atoms with Crippen molar-refractivity contribution in [3.8, 4) is 0 Å². The molecule has 0 saturated heterocycles. The second-order valence-electron chi connectivity index (χ2n) is 5.80. The Hall–Kier alpha value is -1.12. The van der Waals surface area contributed by atoms with Crippen LogP contribution >= 0.6 is 11.3 Å². The van der Waals surface area contributed by atoms with Gasteiger partial charge in [0.1, 0.15) is 0 Å². The Kier molecular flexibility index (Phi) is 2.75. The largest absolute Gasteiger partial charge is 0.388 e. The number of aliphatic hydroxyl groups excluding tert-OH is 1. The molecule has 0 saturated carbocycles. The van der Waals surface area contributed by atoms with Crippen LogP contribution in [-0.2, 0) is 19.3 Å². The molecule has 2 heteroatoms. The molecular weight excluding hydrogens is 252 g/mol. The first-order valence-electron chi connectivity index (χ1n) is 7.18. The van der Waals surface area contributed by atoms with Gasteiger partial charge in [-0.15, -0.1) is 11.3 Å². The van der Waals surface area contributed by atoms with Crippen LogP contribution in [-0.4, -0.2) is 5.11 Å². The fourth-order valence-corrected chi connectivity index (χ4v) is 4.73. The molecule has 0 spiro atoms. The van der Waals surface area contributed by atoms with E-state index in [1.54, 1.807) is 0 Å². The number of benzene rings is 1. The van der Waals surface area contributed by atoms with Crippen LogP contribution in [0, 0.1) is 0 Å². The van der Waals surface area contributed by atoms with E-state index in [-0.39, 0.29) is 6.10 Å². The van der Waals surface area contributed by atoms with E-state index in [1.807, 2.05) is 11.3 Å². The van der Waals surface area contributed by atoms with Gasteiger partial charge in [0.2, 0.25) is 0 Å². The third-order valence-electron chi connectivity index (χ3n) is 4.56. The van der Waals surface area contributed by atoms with Crippen LogP contribution in [0.2, 0.25) is 0 Å². The summed E-state index contributed by atoms with van der Waals surface area (Å²) in [7, 11) is 0. The lowest BCUT2D eigenvalue weighted by Gasteiger charge is -2.31. The molecule has 0 fully saturated rings. The molecule has 1 aromatic carbocycles. The molecule has 98 valence electrons. The highest BCUT2D eigenvalue weighted by molar-refractivity contribution is 7.12. The van der Waals surface area contributed by atoms with Crippen LogP contribution in [0.5, 0.6) is 0 Å². The van der Waals surface area contributed by atoms with E-state index in [0.29, 0.717) is 5.92 Å². The molecule has 2 atom stereocenters. The molecule has 1 nitrogen and oxygen atoms in total. The van der Waals surface area contributed by atoms with E-state index in [1.165, 1.54) is 45.7 Å². The van der Waals surface area contributed by atoms with Crippen molar-refractivity contribution in [1.82, 2.24) is 0 Å². The Morgan fingerprint density at radius 2 is 2.11 bits per heavy atom. The molecule has 2 aromatic rings. The zero-order chi connectivity index (χ0) is 12.8. The second kappa shape index (κ2) is 4.46. The van der Waals surface area contributed by atoms with Gasteiger partial charge in [0, 0.05) is 9.75 Å². The fourth-order valence-electron chi connectivity index (χ4n) is 3.47. The summed E-state index contributed by atoms with van der Waals surface area (Å²) in [5.41, 5.74) is 4.41. The third kappa shape index (κ3) is 1.94. The first-order chi connectivity index (χ1) is 9.31. The van der Waals surface area contributed by atoms with Gasteiger partial charge in [-0.2, -0.15) is 0 Å². The van der Waals surface area contributed by atoms with Gasteiger partial charge in [0.15, 0.2) is 0 Å². The van der Waals surface area contributed by atoms with Gasteiger partial charge < -0.3 is 5.11 Å². The zero-order valence-corrected chi connectivity index (χ0v) is 11.7. The monoisotopic (exact) mass is 270 g/mol. The predicted molar refractivity (Wildman–Crippen MR) is 78.8 cm³/mol. The molecule has 2 aliphatic rings. The van der Waals surface area contributed by atoms with Crippen molar-refractivity contribution in [1.29, 1.82) is 0 Å². The Morgan fingerprint density at radius 1 is 1.21 bits per heavy atom. The van der Waals surface area contributed by atoms with Crippen LogP contribution in [0.1, 0.15) is 51.3 Å². The fraction of sp³-hybridized carbons (Fsp3) is 0.412. The summed E-state index contributed by atoms with van der Waals surface area (Å²) in [6.45, 7) is 0. The lowest BCUT2D eigenvalue weighted by molar-refractivity contribution is 0.157. The molecule has 2 unspecified atom stereocenters. The van der Waals surface area contributed by atoms with E-state index in [4.69, 9.17) is 0 Å². The van der Waals surface area contributed by atoms with Crippen molar-refractivity contribution in [2.75, 3.05) is 0 Å². The van der Waals surface area contributed by atoms with Gasteiger partial charge in [-0.1, -0.05) is 24.3 Å². The molecule has 1 N–H and O–H groups in total. The van der Waals surface area contributed by atoms with Crippen molar-refractivity contribution < 1.29 is 5.11 Å². The first kappa shape index (κ1) is 11.7. The van der Waals surface area contributed by atoms with Gasteiger partial charge >= 0.3 is 0 Å². The molecular formula is C17H18OS. The molecule has 1 aromatic heterocycles. The molecule has 0 radical (unpaired) electrons. The van der Waals surface area contributed by atoms with Crippen LogP contribution < -0.4 is 0 Å². The maximum Gasteiger partial charge on any atom is 0.0888 e. The quantitative estimate of drug-likeness (QED) is 0.893. The SMILES string of the molecule is OC(CC1Cc2ccccc21)c1cc2c(s1)CCC2. The number of thiophene rings is 1. The highest BCUT2D eigenvalue weighted by Crippen LogP contribution is 2.42. The topological polar surface area (TPSA) is 20.2 Å². The van der Waals surface area contributed by atoms with Crippen LogP contribution in [0.3, 0.4) is 0 Å². The van der Waals surface area contributed by atoms with E-state index in [9.17, 15) is 5.11 Å². The number of fused-ring (bicyclic) bond motifs is 2. The standard InChI is InChI=1S/C17H18OS/c18-15(17-10-12-5-3-7-16(12)19-17)9-13-8-11-4-1-2-6-14(11)13/h1-2,4,6,10,13,15,18H,3,5,7-9H2. The van der Waals surface area contributed by atoms with E-state index < -0.39 is 0 Å². The second-order valence-corrected chi connectivity index (χ2v) is 6.97. The Balaban J connectivity index is 1.49. The minimum atomic E-state index is -0.269. The summed E-state index contributed by atoms with van der Waals surface area (Å²) in [5.74, 6) is 0.558. The maximum atomic E-state index is 10.4. The lowest BCUT2D eigenvalue weighted by atomic mass is 9.75. The third-order valence-corrected chi connectivity index (χ3v) is 5.90. The minimum absolute atomic E-state index is 0.269. The summed E-state index contributed by atoms with van der Waals surface area (Å²) < 4.78 is 0. The van der Waals surface area contributed by atoms with E-state index >= 15 is 0 Å². The molecule has 1 heterocycles. The molecule has 4 rings (SSSR count). The molecule has 0 bridgehead atoms. The van der Waals surface area contributed by atoms with Gasteiger partial charge in [-0.25, -0.2) is 0 Å². The molecule has 19 heavy (non-hydrogen) atoms. The Bertz CT molecular complexity index is 592. The van der Waals surface area contributed by atoms with Gasteiger partial charge in [-0.05, 0) is 60.8 Å². The zero-order valence-electron chi connectivity index (χ0n) is 10.9. The maximum absolute atomic E-state index is 10.4. The first-order valence-corrected chi connectivity index (χ1v) is 8.00.